The fraction of sp³-hybridized carbons (Fsp3) is 0.440. The Hall–Kier alpha value is -2.60. The molecule has 1 atom stereocenters. The first-order valence-corrected chi connectivity index (χ1v) is 12.1. The van der Waals surface area contributed by atoms with Gasteiger partial charge in [0.2, 0.25) is 5.91 Å². The summed E-state index contributed by atoms with van der Waals surface area (Å²) < 4.78 is 2.05. The van der Waals surface area contributed by atoms with Gasteiger partial charge in [-0.25, -0.2) is 0 Å². The number of carbonyl (C=O) groups is 2. The van der Waals surface area contributed by atoms with Crippen LogP contribution in [0.1, 0.15) is 60.6 Å². The number of rotatable bonds is 4. The van der Waals surface area contributed by atoms with Crippen molar-refractivity contribution in [3.05, 3.63) is 58.6 Å². The van der Waals surface area contributed by atoms with Gasteiger partial charge in [-0.2, -0.15) is 0 Å². The summed E-state index contributed by atoms with van der Waals surface area (Å²) in [6, 6.07) is 12.4. The van der Waals surface area contributed by atoms with Gasteiger partial charge in [-0.1, -0.05) is 49.1 Å². The lowest BCUT2D eigenvalue weighted by Crippen LogP contribution is -2.64. The number of fused-ring (bicyclic) bond motifs is 3. The lowest BCUT2D eigenvalue weighted by atomic mass is 9.91. The second-order valence-electron chi connectivity index (χ2n) is 9.26. The Balaban J connectivity index is 1.52. The largest absolute Gasteiger partial charge is 0.351 e. The highest BCUT2D eigenvalue weighted by Crippen LogP contribution is 2.35. The van der Waals surface area contributed by atoms with E-state index in [4.69, 9.17) is 0 Å². The quantitative estimate of drug-likeness (QED) is 0.635. The normalized spacial score (nSPS) is 22.0. The van der Waals surface area contributed by atoms with Gasteiger partial charge in [0.1, 0.15) is 16.1 Å². The standard InChI is InChI=1S/C25H29N3O2S/c1-17-8-10-18(11-9-17)15-28-22(29)21-14-19-12-13-31-23(19)27(21)16-25(28,2)24(30)26-20-6-4-3-5-7-20/h8-14,20H,3-7,15-16H2,1-2H3,(H,26,30)/t25-/m0/s1. The molecule has 5 rings (SSSR count). The molecule has 1 aliphatic carbocycles. The summed E-state index contributed by atoms with van der Waals surface area (Å²) in [4.78, 5) is 30.2. The average molecular weight is 436 g/mol. The van der Waals surface area contributed by atoms with Crippen molar-refractivity contribution in [3.8, 4) is 0 Å². The highest BCUT2D eigenvalue weighted by atomic mass is 32.1. The maximum Gasteiger partial charge on any atom is 0.271 e. The third-order valence-electron chi connectivity index (χ3n) is 6.92. The molecular weight excluding hydrogens is 406 g/mol. The number of nitrogens with zero attached hydrogens (tertiary/aromatic N) is 2. The number of thiophene rings is 1. The van der Waals surface area contributed by atoms with Gasteiger partial charge < -0.3 is 14.8 Å². The molecule has 0 spiro atoms. The van der Waals surface area contributed by atoms with Crippen molar-refractivity contribution in [2.24, 2.45) is 0 Å². The Morgan fingerprint density at radius 3 is 2.65 bits per heavy atom. The highest BCUT2D eigenvalue weighted by Gasteiger charge is 2.48. The number of aromatic nitrogens is 1. The van der Waals surface area contributed by atoms with Crippen molar-refractivity contribution in [2.75, 3.05) is 0 Å². The molecule has 2 amide bonds. The molecule has 0 bridgehead atoms. The van der Waals surface area contributed by atoms with Gasteiger partial charge in [0, 0.05) is 18.0 Å². The van der Waals surface area contributed by atoms with E-state index in [1.165, 1.54) is 12.0 Å². The monoisotopic (exact) mass is 435 g/mol. The van der Waals surface area contributed by atoms with Gasteiger partial charge in [-0.15, -0.1) is 11.3 Å². The molecule has 31 heavy (non-hydrogen) atoms. The van der Waals surface area contributed by atoms with Gasteiger partial charge in [0.25, 0.3) is 5.91 Å². The number of carbonyl (C=O) groups excluding carboxylic acids is 2. The summed E-state index contributed by atoms with van der Waals surface area (Å²) in [6.45, 7) is 4.88. The van der Waals surface area contributed by atoms with Crippen molar-refractivity contribution in [1.29, 1.82) is 0 Å². The third-order valence-corrected chi connectivity index (χ3v) is 7.87. The Labute approximate surface area is 187 Å². The van der Waals surface area contributed by atoms with Gasteiger partial charge in [0.05, 0.1) is 6.54 Å². The molecule has 5 nitrogen and oxygen atoms in total. The van der Waals surface area contributed by atoms with Crippen LogP contribution in [0.5, 0.6) is 0 Å². The van der Waals surface area contributed by atoms with Crippen molar-refractivity contribution >= 4 is 33.4 Å². The fourth-order valence-corrected chi connectivity index (χ4v) is 5.87. The van der Waals surface area contributed by atoms with Crippen LogP contribution in [0.4, 0.5) is 0 Å². The SMILES string of the molecule is Cc1ccc(CN2C(=O)c3cc4ccsc4n3C[C@@]2(C)C(=O)NC2CCCCC2)cc1. The number of nitrogens with one attached hydrogen (secondary N) is 1. The van der Waals surface area contributed by atoms with Crippen LogP contribution in [-0.2, 0) is 17.9 Å². The minimum Gasteiger partial charge on any atom is -0.351 e. The zero-order valence-corrected chi connectivity index (χ0v) is 19.0. The zero-order chi connectivity index (χ0) is 21.6. The molecule has 3 aromatic rings. The van der Waals surface area contributed by atoms with E-state index in [-0.39, 0.29) is 17.9 Å². The summed E-state index contributed by atoms with van der Waals surface area (Å²) in [5, 5.41) is 6.41. The number of hydrogen-bond donors (Lipinski definition) is 1. The van der Waals surface area contributed by atoms with Crippen LogP contribution in [0.3, 0.4) is 0 Å². The van der Waals surface area contributed by atoms with E-state index in [9.17, 15) is 9.59 Å². The Morgan fingerprint density at radius 1 is 1.16 bits per heavy atom. The molecule has 0 radical (unpaired) electrons. The first-order chi connectivity index (χ1) is 15.0. The van der Waals surface area contributed by atoms with Gasteiger partial charge in [-0.3, -0.25) is 9.59 Å². The number of amides is 2. The predicted molar refractivity (Wildman–Crippen MR) is 124 cm³/mol. The van der Waals surface area contributed by atoms with Crippen LogP contribution in [-0.4, -0.2) is 32.9 Å². The van der Waals surface area contributed by atoms with Crippen LogP contribution < -0.4 is 5.32 Å². The minimum absolute atomic E-state index is 0.0380. The molecule has 2 aliphatic rings. The first kappa shape index (κ1) is 20.3. The molecule has 0 saturated heterocycles. The summed E-state index contributed by atoms with van der Waals surface area (Å²) in [6.07, 6.45) is 5.61. The second-order valence-corrected chi connectivity index (χ2v) is 10.2. The van der Waals surface area contributed by atoms with Crippen molar-refractivity contribution in [2.45, 2.75) is 70.6 Å². The summed E-state index contributed by atoms with van der Waals surface area (Å²) in [5.41, 5.74) is 1.96. The zero-order valence-electron chi connectivity index (χ0n) is 18.2. The van der Waals surface area contributed by atoms with Crippen LogP contribution in [0.2, 0.25) is 0 Å². The van der Waals surface area contributed by atoms with E-state index in [0.717, 1.165) is 41.5 Å². The molecule has 2 aromatic heterocycles. The lowest BCUT2D eigenvalue weighted by Gasteiger charge is -2.44. The van der Waals surface area contributed by atoms with E-state index < -0.39 is 5.54 Å². The number of hydrogen-bond acceptors (Lipinski definition) is 3. The van der Waals surface area contributed by atoms with Crippen LogP contribution in [0, 0.1) is 6.92 Å². The maximum atomic E-state index is 13.7. The first-order valence-electron chi connectivity index (χ1n) is 11.2. The average Bonchev–Trinajstić information content (AvgIpc) is 3.36. The van der Waals surface area contributed by atoms with Crippen LogP contribution in [0.15, 0.2) is 41.8 Å². The molecule has 0 unspecified atom stereocenters. The second kappa shape index (κ2) is 7.83. The van der Waals surface area contributed by atoms with Crippen molar-refractivity contribution in [3.63, 3.8) is 0 Å². The van der Waals surface area contributed by atoms with Gasteiger partial charge >= 0.3 is 0 Å². The fourth-order valence-electron chi connectivity index (χ4n) is 4.97. The Morgan fingerprint density at radius 2 is 1.90 bits per heavy atom. The maximum absolute atomic E-state index is 13.7. The lowest BCUT2D eigenvalue weighted by molar-refractivity contribution is -0.134. The Kier molecular flexibility index (Phi) is 5.13. The van der Waals surface area contributed by atoms with Gasteiger partial charge in [0.15, 0.2) is 0 Å². The van der Waals surface area contributed by atoms with Crippen molar-refractivity contribution in [1.82, 2.24) is 14.8 Å². The molecule has 1 aromatic carbocycles. The summed E-state index contributed by atoms with van der Waals surface area (Å²) >= 11 is 1.63. The minimum atomic E-state index is -0.942. The summed E-state index contributed by atoms with van der Waals surface area (Å²) in [5.74, 6) is -0.111. The molecule has 6 heteroatoms. The third kappa shape index (κ3) is 3.57. The molecule has 3 heterocycles. The van der Waals surface area contributed by atoms with E-state index in [2.05, 4.69) is 28.9 Å². The molecule has 1 aliphatic heterocycles. The summed E-state index contributed by atoms with van der Waals surface area (Å²) in [7, 11) is 0. The van der Waals surface area contributed by atoms with Crippen molar-refractivity contribution < 1.29 is 9.59 Å². The van der Waals surface area contributed by atoms with E-state index in [1.807, 2.05) is 36.6 Å². The molecular formula is C25H29N3O2S. The molecule has 1 fully saturated rings. The molecule has 162 valence electrons. The van der Waals surface area contributed by atoms with E-state index >= 15 is 0 Å². The van der Waals surface area contributed by atoms with E-state index in [0.29, 0.717) is 18.8 Å². The Bertz CT molecular complexity index is 1120. The molecule has 1 saturated carbocycles. The van der Waals surface area contributed by atoms with E-state index in [1.54, 1.807) is 16.2 Å². The van der Waals surface area contributed by atoms with Crippen LogP contribution >= 0.6 is 11.3 Å². The van der Waals surface area contributed by atoms with Gasteiger partial charge in [-0.05, 0) is 49.8 Å². The highest BCUT2D eigenvalue weighted by molar-refractivity contribution is 7.16. The van der Waals surface area contributed by atoms with Crippen LogP contribution in [0.25, 0.3) is 10.2 Å². The number of benzene rings is 1. The molecule has 1 N–H and O–H groups in total. The topological polar surface area (TPSA) is 54.3 Å². The smallest absolute Gasteiger partial charge is 0.271 e. The predicted octanol–water partition coefficient (Wildman–Crippen LogP) is 4.87. The number of aryl methyl sites for hydroxylation is 1.